The summed E-state index contributed by atoms with van der Waals surface area (Å²) < 4.78 is 37.9. The van der Waals surface area contributed by atoms with Crippen LogP contribution in [0.2, 0.25) is 0 Å². The lowest BCUT2D eigenvalue weighted by Crippen LogP contribution is -2.48. The molecule has 0 aliphatic carbocycles. The molecule has 5 nitrogen and oxygen atoms in total. The minimum atomic E-state index is -0.934. The van der Waals surface area contributed by atoms with Crippen LogP contribution >= 0.6 is 0 Å². The van der Waals surface area contributed by atoms with Crippen LogP contribution in [-0.4, -0.2) is 37.7 Å². The van der Waals surface area contributed by atoms with Gasteiger partial charge in [-0.2, -0.15) is 0 Å². The molecule has 0 radical (unpaired) electrons. The highest BCUT2D eigenvalue weighted by Gasteiger charge is 2.28. The Morgan fingerprint density at radius 3 is 2.44 bits per heavy atom. The Morgan fingerprint density at radius 1 is 1.03 bits per heavy atom. The van der Waals surface area contributed by atoms with E-state index < -0.39 is 17.7 Å². The second-order valence-electron chi connectivity index (χ2n) is 7.55. The largest absolute Gasteiger partial charge is 0.497 e. The van der Waals surface area contributed by atoms with E-state index in [1.807, 2.05) is 54.6 Å². The van der Waals surface area contributed by atoms with E-state index in [4.69, 9.17) is 9.47 Å². The molecule has 32 heavy (non-hydrogen) atoms. The molecule has 1 saturated heterocycles. The summed E-state index contributed by atoms with van der Waals surface area (Å²) in [4.78, 5) is 14.8. The van der Waals surface area contributed by atoms with Gasteiger partial charge in [0.25, 0.3) is 0 Å². The van der Waals surface area contributed by atoms with Gasteiger partial charge in [0.15, 0.2) is 11.6 Å². The number of rotatable bonds is 5. The van der Waals surface area contributed by atoms with Gasteiger partial charge in [0.1, 0.15) is 11.9 Å². The van der Waals surface area contributed by atoms with Crippen LogP contribution in [0.1, 0.15) is 28.8 Å². The maximum atomic E-state index is 13.7. The zero-order valence-electron chi connectivity index (χ0n) is 17.6. The Kier molecular flexibility index (Phi) is 6.66. The van der Waals surface area contributed by atoms with Crippen molar-refractivity contribution in [3.63, 3.8) is 0 Å². The van der Waals surface area contributed by atoms with Crippen LogP contribution in [0.5, 0.6) is 5.75 Å². The molecule has 0 saturated carbocycles. The van der Waals surface area contributed by atoms with Crippen molar-refractivity contribution in [1.29, 1.82) is 0 Å². The molecule has 2 unspecified atom stereocenters. The maximum absolute atomic E-state index is 13.7. The lowest BCUT2D eigenvalue weighted by Gasteiger charge is -2.34. The lowest BCUT2D eigenvalue weighted by atomic mass is 9.98. The average molecular weight is 438 g/mol. The molecule has 2 atom stereocenters. The minimum absolute atomic E-state index is 0.237. The monoisotopic (exact) mass is 438 g/mol. The molecule has 166 valence electrons. The Balaban J connectivity index is 1.52. The topological polar surface area (TPSA) is 50.8 Å². The maximum Gasteiger partial charge on any atom is 0.318 e. The fourth-order valence-electron chi connectivity index (χ4n) is 3.76. The summed E-state index contributed by atoms with van der Waals surface area (Å²) in [7, 11) is 1.60. The van der Waals surface area contributed by atoms with Gasteiger partial charge in [0.05, 0.1) is 26.3 Å². The van der Waals surface area contributed by atoms with Gasteiger partial charge in [0.2, 0.25) is 0 Å². The predicted octanol–water partition coefficient (Wildman–Crippen LogP) is 4.85. The number of hydrogen-bond donors (Lipinski definition) is 1. The number of amides is 2. The minimum Gasteiger partial charge on any atom is -0.497 e. The van der Waals surface area contributed by atoms with Gasteiger partial charge in [-0.15, -0.1) is 0 Å². The zero-order valence-corrected chi connectivity index (χ0v) is 17.6. The number of morpholine rings is 1. The molecule has 7 heteroatoms. The van der Waals surface area contributed by atoms with E-state index in [1.54, 1.807) is 12.0 Å². The van der Waals surface area contributed by atoms with E-state index in [0.717, 1.165) is 29.0 Å². The lowest BCUT2D eigenvalue weighted by molar-refractivity contribution is -0.0158. The molecule has 1 N–H and O–H groups in total. The normalized spacial score (nSPS) is 17.0. The molecule has 3 aromatic rings. The van der Waals surface area contributed by atoms with Crippen LogP contribution in [0.3, 0.4) is 0 Å². The van der Waals surface area contributed by atoms with Crippen molar-refractivity contribution in [3.8, 4) is 5.75 Å². The highest BCUT2D eigenvalue weighted by molar-refractivity contribution is 5.75. The molecule has 1 heterocycles. The SMILES string of the molecule is COc1ccc(C(NC(=O)N2CCOC(c3ccc(F)c(F)c3)C2)c2ccccc2)cc1. The number of ether oxygens (including phenoxy) is 2. The molecule has 4 rings (SSSR count). The smallest absolute Gasteiger partial charge is 0.318 e. The molecular weight excluding hydrogens is 414 g/mol. The standard InChI is InChI=1S/C25H24F2N2O3/c1-31-20-10-7-18(8-11-20)24(17-5-3-2-4-6-17)28-25(30)29-13-14-32-23(16-29)19-9-12-21(26)22(27)15-19/h2-12,15,23-24H,13-14,16H2,1H3,(H,28,30). The number of carbonyl (C=O) groups is 1. The molecule has 1 aliphatic rings. The second-order valence-corrected chi connectivity index (χ2v) is 7.55. The third-order valence-corrected chi connectivity index (χ3v) is 5.52. The van der Waals surface area contributed by atoms with E-state index in [0.29, 0.717) is 18.7 Å². The first-order valence-corrected chi connectivity index (χ1v) is 10.4. The van der Waals surface area contributed by atoms with Gasteiger partial charge in [-0.25, -0.2) is 13.6 Å². The van der Waals surface area contributed by atoms with Crippen molar-refractivity contribution in [3.05, 3.63) is 101 Å². The van der Waals surface area contributed by atoms with Gasteiger partial charge in [-0.05, 0) is 41.0 Å². The number of hydrogen-bond acceptors (Lipinski definition) is 3. The van der Waals surface area contributed by atoms with E-state index in [9.17, 15) is 13.6 Å². The van der Waals surface area contributed by atoms with Crippen LogP contribution in [0.25, 0.3) is 0 Å². The van der Waals surface area contributed by atoms with Gasteiger partial charge in [-0.1, -0.05) is 48.5 Å². The van der Waals surface area contributed by atoms with Crippen molar-refractivity contribution in [2.75, 3.05) is 26.8 Å². The van der Waals surface area contributed by atoms with Gasteiger partial charge in [-0.3, -0.25) is 0 Å². The molecule has 1 aliphatic heterocycles. The first-order chi connectivity index (χ1) is 15.5. The van der Waals surface area contributed by atoms with Gasteiger partial charge in [0, 0.05) is 6.54 Å². The van der Waals surface area contributed by atoms with Crippen molar-refractivity contribution >= 4 is 6.03 Å². The molecule has 2 amide bonds. The third-order valence-electron chi connectivity index (χ3n) is 5.52. The van der Waals surface area contributed by atoms with Crippen LogP contribution in [0, 0.1) is 11.6 Å². The average Bonchev–Trinajstić information content (AvgIpc) is 2.85. The van der Waals surface area contributed by atoms with Crippen LogP contribution in [0.15, 0.2) is 72.8 Å². The van der Waals surface area contributed by atoms with E-state index >= 15 is 0 Å². The van der Waals surface area contributed by atoms with Crippen molar-refractivity contribution in [1.82, 2.24) is 10.2 Å². The van der Waals surface area contributed by atoms with Crippen molar-refractivity contribution in [2.45, 2.75) is 12.1 Å². The van der Waals surface area contributed by atoms with Gasteiger partial charge < -0.3 is 19.7 Å². The Labute approximate surface area is 185 Å². The Bertz CT molecular complexity index is 1060. The fourth-order valence-corrected chi connectivity index (χ4v) is 3.76. The number of halogens is 2. The summed E-state index contributed by atoms with van der Waals surface area (Å²) in [6, 6.07) is 20.3. The molecule has 3 aromatic carbocycles. The van der Waals surface area contributed by atoms with Gasteiger partial charge >= 0.3 is 6.03 Å². The molecule has 0 bridgehead atoms. The quantitative estimate of drug-likeness (QED) is 0.620. The van der Waals surface area contributed by atoms with Crippen LogP contribution < -0.4 is 10.1 Å². The fraction of sp³-hybridized carbons (Fsp3) is 0.240. The predicted molar refractivity (Wildman–Crippen MR) is 116 cm³/mol. The molecule has 0 aromatic heterocycles. The van der Waals surface area contributed by atoms with E-state index in [1.165, 1.54) is 6.07 Å². The van der Waals surface area contributed by atoms with Crippen LogP contribution in [0.4, 0.5) is 13.6 Å². The van der Waals surface area contributed by atoms with Crippen molar-refractivity contribution < 1.29 is 23.0 Å². The summed E-state index contributed by atoms with van der Waals surface area (Å²) in [6.07, 6.45) is -0.527. The summed E-state index contributed by atoms with van der Waals surface area (Å²) >= 11 is 0. The highest BCUT2D eigenvalue weighted by atomic mass is 19.2. The summed E-state index contributed by atoms with van der Waals surface area (Å²) in [5.41, 5.74) is 2.35. The Morgan fingerprint density at radius 2 is 1.75 bits per heavy atom. The number of urea groups is 1. The highest BCUT2D eigenvalue weighted by Crippen LogP contribution is 2.27. The molecule has 0 spiro atoms. The third kappa shape index (κ3) is 4.89. The van der Waals surface area contributed by atoms with E-state index in [2.05, 4.69) is 5.32 Å². The summed E-state index contributed by atoms with van der Waals surface area (Å²) in [5.74, 6) is -1.12. The Hall–Kier alpha value is -3.45. The summed E-state index contributed by atoms with van der Waals surface area (Å²) in [5, 5.41) is 3.11. The molecular formula is C25H24F2N2O3. The van der Waals surface area contributed by atoms with E-state index in [-0.39, 0.29) is 18.6 Å². The number of benzene rings is 3. The first-order valence-electron chi connectivity index (χ1n) is 10.4. The number of methoxy groups -OCH3 is 1. The first kappa shape index (κ1) is 21.8. The number of nitrogens with zero attached hydrogens (tertiary/aromatic N) is 1. The van der Waals surface area contributed by atoms with Crippen molar-refractivity contribution in [2.24, 2.45) is 0 Å². The molecule has 1 fully saturated rings. The summed E-state index contributed by atoms with van der Waals surface area (Å²) in [6.45, 7) is 0.937. The second kappa shape index (κ2) is 9.78. The number of nitrogens with one attached hydrogen (secondary N) is 1. The zero-order chi connectivity index (χ0) is 22.5. The number of carbonyl (C=O) groups excluding carboxylic acids is 1. The van der Waals surface area contributed by atoms with Crippen LogP contribution in [-0.2, 0) is 4.74 Å².